The molecule has 1 rings (SSSR count). The Kier molecular flexibility index (Phi) is 5.72. The highest BCUT2D eigenvalue weighted by Crippen LogP contribution is 2.15. The smallest absolute Gasteiger partial charge is 0.335 e. The number of ether oxygens (including phenoxy) is 1. The van der Waals surface area contributed by atoms with Gasteiger partial charge in [-0.1, -0.05) is 6.92 Å². The molecule has 0 spiro atoms. The Balaban J connectivity index is 2.92. The minimum atomic E-state index is -0.982. The average Bonchev–Trinajstić information content (AvgIpc) is 2.38. The van der Waals surface area contributed by atoms with Crippen LogP contribution in [0.2, 0.25) is 0 Å². The molecule has 0 saturated carbocycles. The number of aryl methyl sites for hydroxylation is 1. The van der Waals surface area contributed by atoms with E-state index in [0.717, 1.165) is 0 Å². The minimum Gasteiger partial charge on any atom is -0.478 e. The van der Waals surface area contributed by atoms with Gasteiger partial charge in [0.05, 0.1) is 18.3 Å². The molecule has 0 aliphatic heterocycles. The van der Waals surface area contributed by atoms with Gasteiger partial charge in [0.2, 0.25) is 0 Å². The van der Waals surface area contributed by atoms with Crippen LogP contribution in [0.25, 0.3) is 0 Å². The summed E-state index contributed by atoms with van der Waals surface area (Å²) in [5.41, 5.74) is 0.915. The molecule has 1 atom stereocenters. The highest BCUT2D eigenvalue weighted by molar-refractivity contribution is 5.88. The second kappa shape index (κ2) is 7.06. The van der Waals surface area contributed by atoms with Gasteiger partial charge in [0.25, 0.3) is 0 Å². The average molecular weight is 268 g/mol. The Morgan fingerprint density at radius 1 is 1.53 bits per heavy atom. The fourth-order valence-corrected chi connectivity index (χ4v) is 1.73. The van der Waals surface area contributed by atoms with Crippen molar-refractivity contribution in [3.05, 3.63) is 23.4 Å². The number of hydrogen-bond acceptors (Lipinski definition) is 5. The van der Waals surface area contributed by atoms with Gasteiger partial charge in [-0.3, -0.25) is 0 Å². The normalized spacial score (nSPS) is 12.2. The van der Waals surface area contributed by atoms with Gasteiger partial charge in [-0.2, -0.15) is 0 Å². The van der Waals surface area contributed by atoms with Crippen LogP contribution in [-0.2, 0) is 11.2 Å². The molecule has 106 valence electrons. The molecule has 1 aromatic rings. The third kappa shape index (κ3) is 4.50. The van der Waals surface area contributed by atoms with Crippen molar-refractivity contribution in [2.24, 2.45) is 0 Å². The van der Waals surface area contributed by atoms with E-state index in [9.17, 15) is 9.90 Å². The third-order valence-corrected chi connectivity index (χ3v) is 2.71. The van der Waals surface area contributed by atoms with Gasteiger partial charge in [0, 0.05) is 26.4 Å². The number of carboxylic acid groups (broad SMARTS) is 1. The van der Waals surface area contributed by atoms with Gasteiger partial charge < -0.3 is 19.8 Å². The number of nitrogens with zero attached hydrogens (tertiary/aromatic N) is 2. The zero-order chi connectivity index (χ0) is 14.4. The molecule has 0 aliphatic carbocycles. The molecule has 0 aliphatic rings. The van der Waals surface area contributed by atoms with Crippen molar-refractivity contribution in [2.75, 3.05) is 32.2 Å². The lowest BCUT2D eigenvalue weighted by Gasteiger charge is -2.22. The summed E-state index contributed by atoms with van der Waals surface area (Å²) >= 11 is 0. The molecule has 0 aromatic carbocycles. The highest BCUT2D eigenvalue weighted by Gasteiger charge is 2.13. The number of hydrogen-bond donors (Lipinski definition) is 2. The molecule has 0 bridgehead atoms. The molecule has 0 fully saturated rings. The number of carboxylic acids is 1. The molecule has 1 aromatic heterocycles. The number of aromatic nitrogens is 1. The summed E-state index contributed by atoms with van der Waals surface area (Å²) in [4.78, 5) is 17.1. The molecular formula is C13H20N2O4. The lowest BCUT2D eigenvalue weighted by Crippen LogP contribution is -2.32. The second-order valence-electron chi connectivity index (χ2n) is 4.35. The fourth-order valence-electron chi connectivity index (χ4n) is 1.73. The lowest BCUT2D eigenvalue weighted by molar-refractivity contribution is 0.0694. The van der Waals surface area contributed by atoms with Gasteiger partial charge in [0.15, 0.2) is 0 Å². The molecule has 0 radical (unpaired) electrons. The van der Waals surface area contributed by atoms with Crippen molar-refractivity contribution in [2.45, 2.75) is 19.4 Å². The van der Waals surface area contributed by atoms with Gasteiger partial charge in [-0.25, -0.2) is 9.78 Å². The topological polar surface area (TPSA) is 82.9 Å². The Bertz CT molecular complexity index is 437. The summed E-state index contributed by atoms with van der Waals surface area (Å²) in [5, 5.41) is 18.7. The van der Waals surface area contributed by atoms with Crippen molar-refractivity contribution in [3.63, 3.8) is 0 Å². The van der Waals surface area contributed by atoms with Crippen LogP contribution in [0.3, 0.4) is 0 Å². The van der Waals surface area contributed by atoms with Gasteiger partial charge in [-0.05, 0) is 18.6 Å². The molecule has 1 heterocycles. The number of likely N-dealkylation sites (N-methyl/N-ethyl adjacent to an activating group) is 1. The number of anilines is 1. The summed E-state index contributed by atoms with van der Waals surface area (Å²) in [5.74, 6) is -0.448. The van der Waals surface area contributed by atoms with Crippen LogP contribution in [0.5, 0.6) is 0 Å². The molecule has 6 nitrogen and oxygen atoms in total. The maximum absolute atomic E-state index is 11.1. The largest absolute Gasteiger partial charge is 0.478 e. The molecule has 0 amide bonds. The van der Waals surface area contributed by atoms with E-state index in [-0.39, 0.29) is 12.2 Å². The minimum absolute atomic E-state index is 0.204. The van der Waals surface area contributed by atoms with Crippen molar-refractivity contribution in [1.29, 1.82) is 0 Å². The Hall–Kier alpha value is -1.66. The molecule has 6 heteroatoms. The molecule has 1 unspecified atom stereocenters. The third-order valence-electron chi connectivity index (χ3n) is 2.71. The van der Waals surface area contributed by atoms with Crippen molar-refractivity contribution in [3.8, 4) is 0 Å². The van der Waals surface area contributed by atoms with Gasteiger partial charge in [0.1, 0.15) is 5.82 Å². The zero-order valence-corrected chi connectivity index (χ0v) is 11.5. The van der Waals surface area contributed by atoms with E-state index in [4.69, 9.17) is 9.84 Å². The van der Waals surface area contributed by atoms with Crippen LogP contribution in [0, 0.1) is 0 Å². The van der Waals surface area contributed by atoms with Crippen molar-refractivity contribution < 1.29 is 19.7 Å². The Morgan fingerprint density at radius 2 is 2.21 bits per heavy atom. The van der Waals surface area contributed by atoms with E-state index < -0.39 is 12.1 Å². The highest BCUT2D eigenvalue weighted by atomic mass is 16.5. The van der Waals surface area contributed by atoms with Crippen molar-refractivity contribution >= 4 is 11.8 Å². The van der Waals surface area contributed by atoms with E-state index in [2.05, 4.69) is 4.98 Å². The summed E-state index contributed by atoms with van der Waals surface area (Å²) in [6.45, 7) is 2.47. The fraction of sp³-hybridized carbons (Fsp3) is 0.538. The van der Waals surface area contributed by atoms with E-state index in [1.54, 1.807) is 18.0 Å². The van der Waals surface area contributed by atoms with E-state index in [1.807, 2.05) is 6.92 Å². The summed E-state index contributed by atoms with van der Waals surface area (Å²) in [7, 11) is 3.27. The number of aromatic carboxylic acids is 1. The summed E-state index contributed by atoms with van der Waals surface area (Å²) in [6, 6.07) is 3.06. The maximum Gasteiger partial charge on any atom is 0.335 e. The van der Waals surface area contributed by atoms with E-state index in [0.29, 0.717) is 24.5 Å². The quantitative estimate of drug-likeness (QED) is 0.760. The van der Waals surface area contributed by atoms with E-state index in [1.165, 1.54) is 13.2 Å². The zero-order valence-electron chi connectivity index (χ0n) is 11.5. The maximum atomic E-state index is 11.1. The van der Waals surface area contributed by atoms with Gasteiger partial charge >= 0.3 is 5.97 Å². The SMILES string of the molecule is CCc1cc(C(=O)O)cc(N(C)CC(O)COC)n1. The first-order valence-electron chi connectivity index (χ1n) is 6.10. The van der Waals surface area contributed by atoms with Crippen molar-refractivity contribution in [1.82, 2.24) is 4.98 Å². The Labute approximate surface area is 112 Å². The first kappa shape index (κ1) is 15.4. The molecule has 0 saturated heterocycles. The molecule has 2 N–H and O–H groups in total. The van der Waals surface area contributed by atoms with Crippen LogP contribution in [0.15, 0.2) is 12.1 Å². The van der Waals surface area contributed by atoms with Crippen LogP contribution in [-0.4, -0.2) is 54.6 Å². The number of aliphatic hydroxyl groups excluding tert-OH is 1. The monoisotopic (exact) mass is 268 g/mol. The van der Waals surface area contributed by atoms with Crippen LogP contribution in [0.4, 0.5) is 5.82 Å². The van der Waals surface area contributed by atoms with E-state index >= 15 is 0 Å². The first-order valence-corrected chi connectivity index (χ1v) is 6.10. The standard InChI is InChI=1S/C13H20N2O4/c1-4-10-5-9(13(17)18)6-12(14-10)15(2)7-11(16)8-19-3/h5-6,11,16H,4,7-8H2,1-3H3,(H,17,18). The van der Waals surface area contributed by atoms with Crippen LogP contribution in [0.1, 0.15) is 23.0 Å². The number of methoxy groups -OCH3 is 1. The molecule has 19 heavy (non-hydrogen) atoms. The number of rotatable bonds is 7. The predicted octanol–water partition coefficient (Wildman–Crippen LogP) is 0.786. The van der Waals surface area contributed by atoms with Crippen LogP contribution < -0.4 is 4.90 Å². The second-order valence-corrected chi connectivity index (χ2v) is 4.35. The Morgan fingerprint density at radius 3 is 2.74 bits per heavy atom. The number of pyridine rings is 1. The molecular weight excluding hydrogens is 248 g/mol. The predicted molar refractivity (Wildman–Crippen MR) is 71.7 cm³/mol. The summed E-state index contributed by atoms with van der Waals surface area (Å²) in [6.07, 6.45) is 0.0122. The number of carbonyl (C=O) groups is 1. The number of aliphatic hydroxyl groups is 1. The van der Waals surface area contributed by atoms with Crippen LogP contribution >= 0.6 is 0 Å². The van der Waals surface area contributed by atoms with Gasteiger partial charge in [-0.15, -0.1) is 0 Å². The lowest BCUT2D eigenvalue weighted by atomic mass is 10.2. The summed E-state index contributed by atoms with van der Waals surface area (Å²) < 4.78 is 4.86. The first-order chi connectivity index (χ1) is 8.97.